The van der Waals surface area contributed by atoms with E-state index in [1.807, 2.05) is 11.4 Å². The van der Waals surface area contributed by atoms with Crippen LogP contribution in [-0.2, 0) is 31.5 Å². The van der Waals surface area contributed by atoms with Gasteiger partial charge in [0.1, 0.15) is 11.4 Å². The molecule has 1 aromatic carbocycles. The van der Waals surface area contributed by atoms with Crippen LogP contribution in [0.2, 0.25) is 0 Å². The van der Waals surface area contributed by atoms with Gasteiger partial charge in [-0.25, -0.2) is 23.4 Å². The summed E-state index contributed by atoms with van der Waals surface area (Å²) in [6, 6.07) is 12.9. The summed E-state index contributed by atoms with van der Waals surface area (Å²) in [4.78, 5) is 23.7. The van der Waals surface area contributed by atoms with E-state index in [-0.39, 0.29) is 17.1 Å². The number of carbonyl (C=O) groups is 1. The number of anilines is 1. The highest BCUT2D eigenvalue weighted by molar-refractivity contribution is 7.83. The van der Waals surface area contributed by atoms with Crippen molar-refractivity contribution in [3.8, 4) is 0 Å². The molecule has 3 N–H and O–H groups in total. The van der Waals surface area contributed by atoms with Crippen LogP contribution < -0.4 is 9.62 Å². The normalized spacial score (nSPS) is 28.5. The first kappa shape index (κ1) is 30.0. The number of hydrogen-bond acceptors (Lipinski definition) is 8. The van der Waals surface area contributed by atoms with E-state index in [1.165, 1.54) is 5.56 Å². The molecule has 12 nitrogen and oxygen atoms in total. The average Bonchev–Trinajstić information content (AvgIpc) is 3.81. The zero-order valence-electron chi connectivity index (χ0n) is 26.3. The summed E-state index contributed by atoms with van der Waals surface area (Å²) in [5.74, 6) is 0.636. The van der Waals surface area contributed by atoms with Crippen molar-refractivity contribution in [2.75, 3.05) is 36.9 Å². The number of H-pyrrole nitrogens is 1. The third-order valence-electron chi connectivity index (χ3n) is 10.1. The smallest absolute Gasteiger partial charge is 0.310 e. The lowest BCUT2D eigenvalue weighted by molar-refractivity contribution is -0.145. The SMILES string of the molecule is Cc1nc(C2C3(CNS(=O)CC(C)(C)C(=O)O)COC2(c2nc4c(C)cc(N5CC[C@](C)(c6ccccc6)C5)cn4n2)C3)n[nH]1. The van der Waals surface area contributed by atoms with Gasteiger partial charge in [0.2, 0.25) is 0 Å². The van der Waals surface area contributed by atoms with E-state index in [2.05, 4.69) is 81.2 Å². The Morgan fingerprint density at radius 1 is 1.24 bits per heavy atom. The molecule has 6 heterocycles. The maximum Gasteiger partial charge on any atom is 0.310 e. The molecular formula is C32H40N8O4S. The summed E-state index contributed by atoms with van der Waals surface area (Å²) in [7, 11) is -1.54. The second-order valence-electron chi connectivity index (χ2n) is 14.1. The van der Waals surface area contributed by atoms with Crippen molar-refractivity contribution in [3.05, 3.63) is 71.2 Å². The number of rotatable bonds is 10. The number of fused-ring (bicyclic) bond motifs is 2. The minimum absolute atomic E-state index is 0.00797. The van der Waals surface area contributed by atoms with Crippen molar-refractivity contribution in [2.24, 2.45) is 10.8 Å². The molecule has 0 amide bonds. The summed E-state index contributed by atoms with van der Waals surface area (Å²) in [5.41, 5.74) is 1.98. The number of carboxylic acids is 1. The molecule has 1 saturated carbocycles. The Bertz CT molecular complexity index is 1810. The quantitative estimate of drug-likeness (QED) is 0.239. The first-order valence-electron chi connectivity index (χ1n) is 15.4. The van der Waals surface area contributed by atoms with Gasteiger partial charge in [-0.05, 0) is 57.7 Å². The van der Waals surface area contributed by atoms with Gasteiger partial charge in [-0.2, -0.15) is 5.10 Å². The zero-order chi connectivity index (χ0) is 31.8. The molecule has 3 saturated heterocycles. The fourth-order valence-corrected chi connectivity index (χ4v) is 8.83. The van der Waals surface area contributed by atoms with Gasteiger partial charge in [0, 0.05) is 30.5 Å². The van der Waals surface area contributed by atoms with Crippen LogP contribution in [0.3, 0.4) is 0 Å². The molecular weight excluding hydrogens is 592 g/mol. The summed E-state index contributed by atoms with van der Waals surface area (Å²) >= 11 is 0. The fourth-order valence-electron chi connectivity index (χ4n) is 7.50. The molecule has 4 fully saturated rings. The number of pyridine rings is 1. The van der Waals surface area contributed by atoms with Crippen LogP contribution in [0.25, 0.3) is 5.65 Å². The molecule has 238 valence electrons. The van der Waals surface area contributed by atoms with E-state index in [0.717, 1.165) is 36.4 Å². The zero-order valence-corrected chi connectivity index (χ0v) is 27.1. The van der Waals surface area contributed by atoms with Crippen LogP contribution in [0.5, 0.6) is 0 Å². The predicted molar refractivity (Wildman–Crippen MR) is 169 cm³/mol. The number of benzene rings is 1. The Labute approximate surface area is 264 Å². The minimum Gasteiger partial charge on any atom is -0.481 e. The van der Waals surface area contributed by atoms with Gasteiger partial charge >= 0.3 is 5.97 Å². The molecule has 4 aliphatic rings. The largest absolute Gasteiger partial charge is 0.481 e. The van der Waals surface area contributed by atoms with Gasteiger partial charge in [0.15, 0.2) is 17.3 Å². The molecule has 3 aliphatic heterocycles. The number of carboxylic acid groups (broad SMARTS) is 1. The average molecular weight is 633 g/mol. The van der Waals surface area contributed by atoms with Crippen LogP contribution in [0.1, 0.15) is 68.1 Å². The highest BCUT2D eigenvalue weighted by Crippen LogP contribution is 2.70. The number of hydrogen-bond donors (Lipinski definition) is 3. The van der Waals surface area contributed by atoms with E-state index in [4.69, 9.17) is 14.8 Å². The molecule has 2 bridgehead atoms. The van der Waals surface area contributed by atoms with Gasteiger partial charge in [-0.3, -0.25) is 9.89 Å². The van der Waals surface area contributed by atoms with Crippen LogP contribution in [0.4, 0.5) is 5.69 Å². The van der Waals surface area contributed by atoms with Crippen LogP contribution in [0, 0.1) is 24.7 Å². The lowest BCUT2D eigenvalue weighted by atomic mass is 9.53. The fraction of sp³-hybridized carbons (Fsp3) is 0.531. The van der Waals surface area contributed by atoms with E-state index in [9.17, 15) is 14.1 Å². The van der Waals surface area contributed by atoms with Crippen molar-refractivity contribution in [2.45, 2.75) is 64.4 Å². The van der Waals surface area contributed by atoms with E-state index in [0.29, 0.717) is 37.0 Å². The summed E-state index contributed by atoms with van der Waals surface area (Å²) in [6.45, 7) is 12.0. The molecule has 8 rings (SSSR count). The number of nitrogens with one attached hydrogen (secondary N) is 2. The number of aliphatic carboxylic acids is 1. The third kappa shape index (κ3) is 4.86. The monoisotopic (exact) mass is 632 g/mol. The molecule has 45 heavy (non-hydrogen) atoms. The van der Waals surface area contributed by atoms with Crippen molar-refractivity contribution in [1.29, 1.82) is 0 Å². The van der Waals surface area contributed by atoms with E-state index < -0.39 is 33.4 Å². The number of aryl methyl sites for hydroxylation is 2. The minimum atomic E-state index is -1.54. The molecule has 1 aliphatic carbocycles. The second-order valence-corrected chi connectivity index (χ2v) is 15.4. The van der Waals surface area contributed by atoms with Crippen molar-refractivity contribution in [1.82, 2.24) is 34.5 Å². The molecule has 0 radical (unpaired) electrons. The Kier molecular flexibility index (Phi) is 6.95. The van der Waals surface area contributed by atoms with Crippen molar-refractivity contribution >= 4 is 28.3 Å². The molecule has 4 unspecified atom stereocenters. The van der Waals surface area contributed by atoms with Gasteiger partial charge in [0.05, 0.1) is 46.6 Å². The standard InChI is InChI=1S/C32H40N8O4S/c1-20-13-23(39-12-11-30(5,17-39)22-9-7-6-8-10-22)14-40-26(20)35-27(38-40)32-15-31(18-44-32,24(32)25-34-21(2)36-37-25)16-33-45(43)19-29(3,4)28(41)42/h6-10,13-14,24,33H,11-12,15-19H2,1-5H3,(H,41,42)(H,34,36,37)/t24?,30-,31?,32?,45?/m0/s1. The lowest BCUT2D eigenvalue weighted by Gasteiger charge is -2.49. The topological polar surface area (TPSA) is 151 Å². The van der Waals surface area contributed by atoms with E-state index >= 15 is 0 Å². The number of ether oxygens (including phenoxy) is 1. The summed E-state index contributed by atoms with van der Waals surface area (Å²) < 4.78 is 24.4. The number of nitrogens with zero attached hydrogens (tertiary/aromatic N) is 6. The molecule has 0 spiro atoms. The highest BCUT2D eigenvalue weighted by Gasteiger charge is 2.74. The lowest BCUT2D eigenvalue weighted by Crippen LogP contribution is -2.56. The van der Waals surface area contributed by atoms with Gasteiger partial charge in [-0.1, -0.05) is 37.3 Å². The van der Waals surface area contributed by atoms with Crippen molar-refractivity contribution < 1.29 is 18.8 Å². The Balaban J connectivity index is 1.16. The maximum atomic E-state index is 12.9. The Morgan fingerprint density at radius 3 is 2.73 bits per heavy atom. The molecule has 13 heteroatoms. The van der Waals surface area contributed by atoms with Crippen LogP contribution >= 0.6 is 0 Å². The first-order chi connectivity index (χ1) is 21.3. The van der Waals surface area contributed by atoms with Crippen LogP contribution in [0.15, 0.2) is 42.6 Å². The van der Waals surface area contributed by atoms with Gasteiger partial charge in [0.25, 0.3) is 0 Å². The molecule has 5 atom stereocenters. The highest BCUT2D eigenvalue weighted by atomic mass is 32.2. The predicted octanol–water partition coefficient (Wildman–Crippen LogP) is 3.40. The van der Waals surface area contributed by atoms with Gasteiger partial charge < -0.3 is 14.7 Å². The first-order valence-corrected chi connectivity index (χ1v) is 16.7. The van der Waals surface area contributed by atoms with Crippen molar-refractivity contribution in [3.63, 3.8) is 0 Å². The van der Waals surface area contributed by atoms with Gasteiger partial charge in [-0.15, -0.1) is 5.10 Å². The molecule has 4 aromatic rings. The number of aromatic amines is 1. The third-order valence-corrected chi connectivity index (χ3v) is 11.6. The second kappa shape index (κ2) is 10.4. The maximum absolute atomic E-state index is 12.9. The Hall–Kier alpha value is -3.68. The molecule has 3 aromatic heterocycles. The number of aromatic nitrogens is 6. The summed E-state index contributed by atoms with van der Waals surface area (Å²) in [6.07, 6.45) is 3.74. The van der Waals surface area contributed by atoms with E-state index in [1.54, 1.807) is 13.8 Å². The summed E-state index contributed by atoms with van der Waals surface area (Å²) in [5, 5.41) is 22.0. The Morgan fingerprint density at radius 2 is 2.02 bits per heavy atom. The van der Waals surface area contributed by atoms with Crippen LogP contribution in [-0.4, -0.2) is 77.1 Å².